The van der Waals surface area contributed by atoms with Crippen LogP contribution in [0.4, 0.5) is 4.79 Å². The number of carbonyl (C=O) groups excluding carboxylic acids is 3. The van der Waals surface area contributed by atoms with E-state index in [4.69, 9.17) is 4.74 Å². The number of benzene rings is 2. The first-order chi connectivity index (χ1) is 14.3. The lowest BCUT2D eigenvalue weighted by molar-refractivity contribution is -0.139. The molecule has 0 saturated carbocycles. The molecule has 0 bridgehead atoms. The third-order valence-electron chi connectivity index (χ3n) is 5.98. The highest BCUT2D eigenvalue weighted by Crippen LogP contribution is 2.29. The highest BCUT2D eigenvalue weighted by Gasteiger charge is 2.49. The van der Waals surface area contributed by atoms with E-state index in [1.807, 2.05) is 49.4 Å². The standard InChI is InChI=1S/C23H25N3O4/c1-15-4-7-18(8-5-15)23(2)21(28)26(22(29)24-23)14-20(27)25-11-10-16-6-9-19(30-3)12-17(16)13-25/h4-9,12H,10-11,13-14H2,1-3H3,(H,24,29). The van der Waals surface area contributed by atoms with Gasteiger partial charge in [0.1, 0.15) is 17.8 Å². The molecule has 30 heavy (non-hydrogen) atoms. The molecule has 4 rings (SSSR count). The maximum Gasteiger partial charge on any atom is 0.325 e. The molecule has 1 atom stereocenters. The maximum absolute atomic E-state index is 13.1. The number of rotatable bonds is 4. The summed E-state index contributed by atoms with van der Waals surface area (Å²) in [5.41, 5.74) is 2.79. The average Bonchev–Trinajstić information content (AvgIpc) is 2.97. The lowest BCUT2D eigenvalue weighted by Gasteiger charge is -2.30. The fourth-order valence-electron chi connectivity index (χ4n) is 4.03. The molecular formula is C23H25N3O4. The van der Waals surface area contributed by atoms with Crippen LogP contribution in [0.25, 0.3) is 0 Å². The number of hydrogen-bond donors (Lipinski definition) is 1. The summed E-state index contributed by atoms with van der Waals surface area (Å²) in [6.07, 6.45) is 0.728. The number of amides is 4. The summed E-state index contributed by atoms with van der Waals surface area (Å²) in [5, 5.41) is 2.76. The number of carbonyl (C=O) groups is 3. The molecule has 1 N–H and O–H groups in total. The summed E-state index contributed by atoms with van der Waals surface area (Å²) in [6, 6.07) is 12.8. The molecule has 2 aliphatic rings. The Morgan fingerprint density at radius 1 is 1.13 bits per heavy atom. The number of nitrogens with one attached hydrogen (secondary N) is 1. The SMILES string of the molecule is COc1ccc2c(c1)CN(C(=O)CN1C(=O)NC(C)(c3ccc(C)cc3)C1=O)CC2. The quantitative estimate of drug-likeness (QED) is 0.790. The van der Waals surface area contributed by atoms with Crippen LogP contribution in [0.3, 0.4) is 0 Å². The molecule has 2 heterocycles. The van der Waals surface area contributed by atoms with E-state index in [0.717, 1.165) is 28.2 Å². The third kappa shape index (κ3) is 3.40. The molecule has 2 aromatic carbocycles. The maximum atomic E-state index is 13.1. The Hall–Kier alpha value is -3.35. The van der Waals surface area contributed by atoms with Crippen LogP contribution in [-0.2, 0) is 28.1 Å². The van der Waals surface area contributed by atoms with Crippen LogP contribution in [0.15, 0.2) is 42.5 Å². The minimum Gasteiger partial charge on any atom is -0.497 e. The van der Waals surface area contributed by atoms with Crippen molar-refractivity contribution in [3.8, 4) is 5.75 Å². The van der Waals surface area contributed by atoms with Gasteiger partial charge in [0, 0.05) is 13.1 Å². The second-order valence-electron chi connectivity index (χ2n) is 8.01. The number of hydrogen-bond acceptors (Lipinski definition) is 4. The summed E-state index contributed by atoms with van der Waals surface area (Å²) in [4.78, 5) is 41.2. The van der Waals surface area contributed by atoms with Gasteiger partial charge in [-0.05, 0) is 49.1 Å². The Morgan fingerprint density at radius 3 is 2.57 bits per heavy atom. The van der Waals surface area contributed by atoms with Gasteiger partial charge in [-0.15, -0.1) is 0 Å². The predicted octanol–water partition coefficient (Wildman–Crippen LogP) is 2.36. The largest absolute Gasteiger partial charge is 0.497 e. The molecule has 1 saturated heterocycles. The van der Waals surface area contributed by atoms with Crippen molar-refractivity contribution < 1.29 is 19.1 Å². The van der Waals surface area contributed by atoms with Crippen LogP contribution in [0.1, 0.15) is 29.2 Å². The van der Waals surface area contributed by atoms with Gasteiger partial charge in [0.2, 0.25) is 5.91 Å². The zero-order valence-electron chi connectivity index (χ0n) is 17.4. The molecule has 0 aliphatic carbocycles. The van der Waals surface area contributed by atoms with Gasteiger partial charge >= 0.3 is 6.03 Å². The highest BCUT2D eigenvalue weighted by molar-refractivity contribution is 6.09. The second kappa shape index (κ2) is 7.48. The Kier molecular flexibility index (Phi) is 4.97. The van der Waals surface area contributed by atoms with Gasteiger partial charge in [-0.2, -0.15) is 0 Å². The first kappa shape index (κ1) is 19.9. The topological polar surface area (TPSA) is 79.0 Å². The van der Waals surface area contributed by atoms with Crippen LogP contribution in [0, 0.1) is 6.92 Å². The molecule has 7 heteroatoms. The number of fused-ring (bicyclic) bond motifs is 1. The van der Waals surface area contributed by atoms with E-state index in [1.165, 1.54) is 5.56 Å². The van der Waals surface area contributed by atoms with E-state index in [9.17, 15) is 14.4 Å². The van der Waals surface area contributed by atoms with Crippen LogP contribution in [0.5, 0.6) is 5.75 Å². The van der Waals surface area contributed by atoms with E-state index in [-0.39, 0.29) is 12.5 Å². The second-order valence-corrected chi connectivity index (χ2v) is 8.01. The van der Waals surface area contributed by atoms with Gasteiger partial charge in [-0.3, -0.25) is 14.5 Å². The molecule has 4 amide bonds. The van der Waals surface area contributed by atoms with Gasteiger partial charge in [0.15, 0.2) is 0 Å². The smallest absolute Gasteiger partial charge is 0.325 e. The molecule has 0 aromatic heterocycles. The van der Waals surface area contributed by atoms with Gasteiger partial charge in [-0.1, -0.05) is 35.9 Å². The van der Waals surface area contributed by atoms with Crippen molar-refractivity contribution in [3.05, 3.63) is 64.7 Å². The van der Waals surface area contributed by atoms with E-state index in [2.05, 4.69) is 5.32 Å². The van der Waals surface area contributed by atoms with Crippen molar-refractivity contribution in [3.63, 3.8) is 0 Å². The fourth-order valence-corrected chi connectivity index (χ4v) is 4.03. The monoisotopic (exact) mass is 407 g/mol. The fraction of sp³-hybridized carbons (Fsp3) is 0.348. The van der Waals surface area contributed by atoms with Crippen LogP contribution in [-0.4, -0.2) is 47.8 Å². The van der Waals surface area contributed by atoms with Gasteiger partial charge in [0.05, 0.1) is 7.11 Å². The molecule has 2 aromatic rings. The van der Waals surface area contributed by atoms with E-state index >= 15 is 0 Å². The van der Waals surface area contributed by atoms with Crippen LogP contribution < -0.4 is 10.1 Å². The Balaban J connectivity index is 1.49. The first-order valence-corrected chi connectivity index (χ1v) is 9.96. The van der Waals surface area contributed by atoms with Crippen molar-refractivity contribution in [1.82, 2.24) is 15.1 Å². The third-order valence-corrected chi connectivity index (χ3v) is 5.98. The lowest BCUT2D eigenvalue weighted by Crippen LogP contribution is -2.45. The number of imide groups is 1. The molecule has 0 radical (unpaired) electrons. The summed E-state index contributed by atoms with van der Waals surface area (Å²) in [7, 11) is 1.61. The molecule has 1 fully saturated rings. The summed E-state index contributed by atoms with van der Waals surface area (Å²) >= 11 is 0. The first-order valence-electron chi connectivity index (χ1n) is 9.96. The van der Waals surface area contributed by atoms with Crippen molar-refractivity contribution >= 4 is 17.8 Å². The molecule has 156 valence electrons. The van der Waals surface area contributed by atoms with Crippen LogP contribution >= 0.6 is 0 Å². The van der Waals surface area contributed by atoms with E-state index in [1.54, 1.807) is 18.9 Å². The molecule has 1 unspecified atom stereocenters. The number of ether oxygens (including phenoxy) is 1. The normalized spacial score (nSPS) is 20.8. The minimum absolute atomic E-state index is 0.250. The zero-order valence-corrected chi connectivity index (χ0v) is 17.4. The summed E-state index contributed by atoms with van der Waals surface area (Å²) in [5.74, 6) is 0.0786. The number of methoxy groups -OCH3 is 1. The minimum atomic E-state index is -1.17. The van der Waals surface area contributed by atoms with E-state index in [0.29, 0.717) is 18.7 Å². The Morgan fingerprint density at radius 2 is 1.87 bits per heavy atom. The van der Waals surface area contributed by atoms with Crippen molar-refractivity contribution in [2.45, 2.75) is 32.4 Å². The van der Waals surface area contributed by atoms with Crippen molar-refractivity contribution in [1.29, 1.82) is 0 Å². The number of aryl methyl sites for hydroxylation is 1. The van der Waals surface area contributed by atoms with E-state index < -0.39 is 17.5 Å². The average molecular weight is 407 g/mol. The summed E-state index contributed by atoms with van der Waals surface area (Å²) in [6.45, 7) is 4.34. The molecule has 7 nitrogen and oxygen atoms in total. The Labute approximate surface area is 175 Å². The van der Waals surface area contributed by atoms with Crippen molar-refractivity contribution in [2.75, 3.05) is 20.2 Å². The van der Waals surface area contributed by atoms with Crippen molar-refractivity contribution in [2.24, 2.45) is 0 Å². The van der Waals surface area contributed by atoms with Gasteiger partial charge in [-0.25, -0.2) is 4.79 Å². The highest BCUT2D eigenvalue weighted by atomic mass is 16.5. The zero-order chi connectivity index (χ0) is 21.5. The molecular weight excluding hydrogens is 382 g/mol. The predicted molar refractivity (Wildman–Crippen MR) is 111 cm³/mol. The van der Waals surface area contributed by atoms with Gasteiger partial charge in [0.25, 0.3) is 5.91 Å². The Bertz CT molecular complexity index is 1020. The molecule has 2 aliphatic heterocycles. The molecule has 0 spiro atoms. The summed E-state index contributed by atoms with van der Waals surface area (Å²) < 4.78 is 5.27. The number of urea groups is 1. The number of nitrogens with zero attached hydrogens (tertiary/aromatic N) is 2. The lowest BCUT2D eigenvalue weighted by atomic mass is 9.91. The van der Waals surface area contributed by atoms with Gasteiger partial charge < -0.3 is 15.0 Å². The van der Waals surface area contributed by atoms with Crippen LogP contribution in [0.2, 0.25) is 0 Å².